The quantitative estimate of drug-likeness (QED) is 0.178. The monoisotopic (exact) mass is 723 g/mol. The summed E-state index contributed by atoms with van der Waals surface area (Å²) in [5.41, 5.74) is 9.12. The van der Waals surface area contributed by atoms with Crippen molar-refractivity contribution in [3.63, 3.8) is 0 Å². The molecule has 1 aliphatic rings. The molecule has 6 heteroatoms. The first-order chi connectivity index (χ1) is 27.2. The summed E-state index contributed by atoms with van der Waals surface area (Å²) in [6.07, 6.45) is 2.23. The van der Waals surface area contributed by atoms with Crippen LogP contribution < -0.4 is 5.32 Å². The minimum Gasteiger partial charge on any atom is -0.359 e. The lowest BCUT2D eigenvalue weighted by Crippen LogP contribution is -2.31. The maximum atomic E-state index is 5.31. The Bertz CT molecular complexity index is 2840. The molecular weight excluding hydrogens is 691 g/mol. The summed E-state index contributed by atoms with van der Waals surface area (Å²) in [6, 6.07) is 63.0. The van der Waals surface area contributed by atoms with Gasteiger partial charge < -0.3 is 5.32 Å². The van der Waals surface area contributed by atoms with Crippen molar-refractivity contribution in [2.75, 3.05) is 0 Å². The predicted molar refractivity (Wildman–Crippen MR) is 228 cm³/mol. The zero-order valence-electron chi connectivity index (χ0n) is 29.7. The normalized spacial score (nSPS) is 14.0. The van der Waals surface area contributed by atoms with Gasteiger partial charge in [-0.3, -0.25) is 0 Å². The van der Waals surface area contributed by atoms with Gasteiger partial charge in [0.1, 0.15) is 5.84 Å². The van der Waals surface area contributed by atoms with Gasteiger partial charge in [-0.2, -0.15) is 0 Å². The van der Waals surface area contributed by atoms with Crippen LogP contribution in [-0.4, -0.2) is 20.8 Å². The lowest BCUT2D eigenvalue weighted by molar-refractivity contribution is 0.782. The molecule has 1 atom stereocenters. The maximum Gasteiger partial charge on any atom is 0.164 e. The van der Waals surface area contributed by atoms with Gasteiger partial charge in [0.05, 0.1) is 11.7 Å². The van der Waals surface area contributed by atoms with E-state index < -0.39 is 0 Å². The molecule has 9 aromatic rings. The third-order valence-corrected chi connectivity index (χ3v) is 11.1. The Morgan fingerprint density at radius 3 is 1.64 bits per heavy atom. The van der Waals surface area contributed by atoms with Crippen LogP contribution in [0, 0.1) is 0 Å². The second kappa shape index (κ2) is 14.1. The van der Waals surface area contributed by atoms with Gasteiger partial charge in [0.2, 0.25) is 0 Å². The molecule has 0 radical (unpaired) electrons. The Labute approximate surface area is 323 Å². The number of rotatable bonds is 7. The van der Waals surface area contributed by atoms with Crippen LogP contribution in [0.15, 0.2) is 193 Å². The van der Waals surface area contributed by atoms with Crippen molar-refractivity contribution in [2.45, 2.75) is 6.04 Å². The van der Waals surface area contributed by atoms with E-state index in [0.29, 0.717) is 17.5 Å². The molecule has 7 aromatic carbocycles. The standard InChI is InChI=1S/C49H33N5S/c1-4-14-32(15-5-1)35-20-12-22-38(28-35)48-50-42(31-43(51-48)37-26-27-41-40-24-10-11-25-44(40)55-45(41)30-37)36-21-13-23-39(29-36)49-53-46(33-16-6-2-7-17-33)52-47(54-49)34-18-8-3-9-19-34/h1-31,43H,(H,50,51). The largest absolute Gasteiger partial charge is 0.359 e. The number of nitrogens with one attached hydrogen (secondary N) is 1. The summed E-state index contributed by atoms with van der Waals surface area (Å²) in [7, 11) is 0. The highest BCUT2D eigenvalue weighted by Gasteiger charge is 2.22. The van der Waals surface area contributed by atoms with E-state index in [2.05, 4.69) is 127 Å². The zero-order valence-corrected chi connectivity index (χ0v) is 30.5. The summed E-state index contributed by atoms with van der Waals surface area (Å²) in [4.78, 5) is 20.2. The Morgan fingerprint density at radius 2 is 0.927 bits per heavy atom. The third kappa shape index (κ3) is 6.49. The van der Waals surface area contributed by atoms with E-state index >= 15 is 0 Å². The highest BCUT2D eigenvalue weighted by atomic mass is 32.1. The fourth-order valence-corrected chi connectivity index (χ4v) is 8.35. The average molecular weight is 724 g/mol. The predicted octanol–water partition coefficient (Wildman–Crippen LogP) is 12.0. The Morgan fingerprint density at radius 1 is 0.400 bits per heavy atom. The number of nitrogens with zero attached hydrogens (tertiary/aromatic N) is 4. The second-order valence-electron chi connectivity index (χ2n) is 13.6. The average Bonchev–Trinajstić information content (AvgIpc) is 3.65. The molecule has 2 aromatic heterocycles. The maximum absolute atomic E-state index is 5.31. The lowest BCUT2D eigenvalue weighted by atomic mass is 9.97. The van der Waals surface area contributed by atoms with Gasteiger partial charge in [-0.1, -0.05) is 158 Å². The smallest absolute Gasteiger partial charge is 0.164 e. The van der Waals surface area contributed by atoms with E-state index in [4.69, 9.17) is 19.9 Å². The summed E-state index contributed by atoms with van der Waals surface area (Å²) >= 11 is 1.83. The van der Waals surface area contributed by atoms with E-state index in [1.807, 2.05) is 78.1 Å². The van der Waals surface area contributed by atoms with Gasteiger partial charge in [0, 0.05) is 48.0 Å². The highest BCUT2D eigenvalue weighted by molar-refractivity contribution is 7.25. The van der Waals surface area contributed by atoms with Crippen LogP contribution in [0.5, 0.6) is 0 Å². The van der Waals surface area contributed by atoms with Crippen LogP contribution in [0.25, 0.3) is 71.2 Å². The summed E-state index contributed by atoms with van der Waals surface area (Å²) in [5.74, 6) is 2.69. The topological polar surface area (TPSA) is 63.1 Å². The zero-order chi connectivity index (χ0) is 36.6. The van der Waals surface area contributed by atoms with Gasteiger partial charge in [-0.15, -0.1) is 11.3 Å². The minimum atomic E-state index is -0.118. The van der Waals surface area contributed by atoms with Crippen molar-refractivity contribution in [2.24, 2.45) is 4.99 Å². The molecule has 0 amide bonds. The number of thiophene rings is 1. The number of hydrogen-bond acceptors (Lipinski definition) is 6. The van der Waals surface area contributed by atoms with Gasteiger partial charge >= 0.3 is 0 Å². The first-order valence-electron chi connectivity index (χ1n) is 18.3. The molecule has 0 aliphatic carbocycles. The van der Waals surface area contributed by atoms with E-state index in [9.17, 15) is 0 Å². The van der Waals surface area contributed by atoms with Crippen molar-refractivity contribution in [1.29, 1.82) is 0 Å². The van der Waals surface area contributed by atoms with Gasteiger partial charge in [-0.25, -0.2) is 19.9 Å². The molecule has 5 nitrogen and oxygen atoms in total. The third-order valence-electron chi connectivity index (χ3n) is 9.97. The molecular formula is C49H33N5S. The molecule has 260 valence electrons. The summed E-state index contributed by atoms with van der Waals surface area (Å²) < 4.78 is 2.56. The highest BCUT2D eigenvalue weighted by Crippen LogP contribution is 2.37. The lowest BCUT2D eigenvalue weighted by Gasteiger charge is -2.25. The molecule has 0 fully saturated rings. The fourth-order valence-electron chi connectivity index (χ4n) is 7.19. The SMILES string of the molecule is C1=C(c2cccc(-c3nc(-c4ccccc4)nc(-c4ccccc4)n3)c2)N=C(c2cccc(-c3ccccc3)c2)NC1c1ccc2c(c1)sc1ccccc12. The van der Waals surface area contributed by atoms with Crippen molar-refractivity contribution in [1.82, 2.24) is 20.3 Å². The molecule has 3 heterocycles. The number of benzene rings is 7. The number of hydrogen-bond donors (Lipinski definition) is 1. The molecule has 10 rings (SSSR count). The van der Waals surface area contributed by atoms with Crippen molar-refractivity contribution >= 4 is 43.0 Å². The minimum absolute atomic E-state index is 0.118. The number of aromatic nitrogens is 3. The van der Waals surface area contributed by atoms with Crippen LogP contribution >= 0.6 is 11.3 Å². The number of aliphatic imine (C=N–C) groups is 1. The van der Waals surface area contributed by atoms with E-state index in [1.165, 1.54) is 25.7 Å². The van der Waals surface area contributed by atoms with Crippen LogP contribution in [-0.2, 0) is 0 Å². The Hall–Kier alpha value is -7.02. The molecule has 55 heavy (non-hydrogen) atoms. The van der Waals surface area contributed by atoms with Crippen molar-refractivity contribution < 1.29 is 0 Å². The van der Waals surface area contributed by atoms with Crippen LogP contribution in [0.1, 0.15) is 22.7 Å². The molecule has 1 aliphatic heterocycles. The van der Waals surface area contributed by atoms with Crippen LogP contribution in [0.4, 0.5) is 0 Å². The number of amidine groups is 1. The van der Waals surface area contributed by atoms with E-state index in [0.717, 1.165) is 50.5 Å². The molecule has 0 saturated heterocycles. The van der Waals surface area contributed by atoms with Crippen LogP contribution in [0.2, 0.25) is 0 Å². The van der Waals surface area contributed by atoms with Crippen LogP contribution in [0.3, 0.4) is 0 Å². The Kier molecular flexibility index (Phi) is 8.35. The summed E-state index contributed by atoms with van der Waals surface area (Å²) in [6.45, 7) is 0. The molecule has 1 N–H and O–H groups in total. The van der Waals surface area contributed by atoms with Crippen molar-refractivity contribution in [3.8, 4) is 45.3 Å². The second-order valence-corrected chi connectivity index (χ2v) is 14.6. The first-order valence-corrected chi connectivity index (χ1v) is 19.2. The Balaban J connectivity index is 1.09. The van der Waals surface area contributed by atoms with E-state index in [-0.39, 0.29) is 6.04 Å². The molecule has 0 spiro atoms. The summed E-state index contributed by atoms with van der Waals surface area (Å²) in [5, 5.41) is 6.38. The van der Waals surface area contributed by atoms with Gasteiger partial charge in [0.15, 0.2) is 17.5 Å². The number of fused-ring (bicyclic) bond motifs is 3. The fraction of sp³-hybridized carbons (Fsp3) is 0.0204. The van der Waals surface area contributed by atoms with Gasteiger partial charge in [0.25, 0.3) is 0 Å². The van der Waals surface area contributed by atoms with E-state index in [1.54, 1.807) is 0 Å². The molecule has 0 saturated carbocycles. The first kappa shape index (κ1) is 32.6. The van der Waals surface area contributed by atoms with Gasteiger partial charge in [-0.05, 0) is 47.0 Å². The molecule has 0 bridgehead atoms. The molecule has 1 unspecified atom stereocenters. The van der Waals surface area contributed by atoms with Crippen molar-refractivity contribution in [3.05, 3.63) is 205 Å².